The van der Waals surface area contributed by atoms with Crippen LogP contribution in [0.15, 0.2) is 17.5 Å². The fourth-order valence-electron chi connectivity index (χ4n) is 1.75. The molecule has 2 heterocycles. The van der Waals surface area contributed by atoms with Crippen LogP contribution in [0.3, 0.4) is 0 Å². The quantitative estimate of drug-likeness (QED) is 0.759. The third kappa shape index (κ3) is 5.39. The minimum atomic E-state index is -0.556. The van der Waals surface area contributed by atoms with Crippen molar-refractivity contribution in [3.05, 3.63) is 22.4 Å². The first kappa shape index (κ1) is 15.8. The van der Waals surface area contributed by atoms with Crippen LogP contribution in [-0.4, -0.2) is 54.0 Å². The van der Waals surface area contributed by atoms with Gasteiger partial charge in [0.05, 0.1) is 0 Å². The van der Waals surface area contributed by atoms with Gasteiger partial charge in [0.25, 0.3) is 11.1 Å². The Hall–Kier alpha value is -1.54. The fourth-order valence-corrected chi connectivity index (χ4v) is 3.28. The van der Waals surface area contributed by atoms with Crippen LogP contribution in [-0.2, 0) is 20.7 Å². The molecule has 1 fully saturated rings. The largest absolute Gasteiger partial charge is 0.454 e. The molecule has 0 atom stereocenters. The molecule has 2 rings (SSSR count). The highest BCUT2D eigenvalue weighted by Gasteiger charge is 2.24. The van der Waals surface area contributed by atoms with E-state index in [0.29, 0.717) is 18.8 Å². The first-order valence-corrected chi connectivity index (χ1v) is 8.38. The van der Waals surface area contributed by atoms with Gasteiger partial charge in [-0.05, 0) is 17.9 Å². The molecular formula is C13H16N2O4S2. The summed E-state index contributed by atoms with van der Waals surface area (Å²) in [6.45, 7) is 0.663. The zero-order valence-corrected chi connectivity index (χ0v) is 13.0. The van der Waals surface area contributed by atoms with Crippen molar-refractivity contribution in [1.82, 2.24) is 10.2 Å². The molecule has 0 radical (unpaired) electrons. The van der Waals surface area contributed by atoms with Gasteiger partial charge in [-0.25, -0.2) is 0 Å². The molecule has 1 aromatic rings. The molecule has 6 nitrogen and oxygen atoms in total. The topological polar surface area (TPSA) is 75.7 Å². The maximum atomic E-state index is 11.5. The molecule has 21 heavy (non-hydrogen) atoms. The van der Waals surface area contributed by atoms with Gasteiger partial charge >= 0.3 is 5.97 Å². The van der Waals surface area contributed by atoms with E-state index in [1.807, 2.05) is 17.5 Å². The Bertz CT molecular complexity index is 504. The molecule has 0 aromatic carbocycles. The SMILES string of the molecule is O=C(COC(=O)CN1CCSC1=O)NCCc1cccs1. The number of nitrogens with one attached hydrogen (secondary N) is 1. The summed E-state index contributed by atoms with van der Waals surface area (Å²) >= 11 is 2.82. The van der Waals surface area contributed by atoms with Gasteiger partial charge in [-0.3, -0.25) is 14.4 Å². The zero-order valence-electron chi connectivity index (χ0n) is 11.4. The van der Waals surface area contributed by atoms with Crippen molar-refractivity contribution in [3.8, 4) is 0 Å². The molecule has 0 saturated carbocycles. The number of nitrogens with zero attached hydrogens (tertiary/aromatic N) is 1. The predicted octanol–water partition coefficient (Wildman–Crippen LogP) is 1.12. The molecule has 0 unspecified atom stereocenters. The number of thiophene rings is 1. The summed E-state index contributed by atoms with van der Waals surface area (Å²) in [5.41, 5.74) is 0. The lowest BCUT2D eigenvalue weighted by Crippen LogP contribution is -2.34. The lowest BCUT2D eigenvalue weighted by atomic mass is 10.3. The maximum absolute atomic E-state index is 11.5. The van der Waals surface area contributed by atoms with Gasteiger partial charge in [0.2, 0.25) is 0 Å². The van der Waals surface area contributed by atoms with E-state index in [0.717, 1.165) is 6.42 Å². The summed E-state index contributed by atoms with van der Waals surface area (Å²) in [5.74, 6) is -0.198. The highest BCUT2D eigenvalue weighted by atomic mass is 32.2. The number of carbonyl (C=O) groups excluding carboxylic acids is 3. The minimum Gasteiger partial charge on any atom is -0.454 e. The fraction of sp³-hybridized carbons (Fsp3) is 0.462. The van der Waals surface area contributed by atoms with E-state index in [1.165, 1.54) is 21.5 Å². The van der Waals surface area contributed by atoms with Gasteiger partial charge in [0, 0.05) is 23.7 Å². The van der Waals surface area contributed by atoms with Crippen molar-refractivity contribution in [2.24, 2.45) is 0 Å². The van der Waals surface area contributed by atoms with Crippen LogP contribution in [0.1, 0.15) is 4.88 Å². The van der Waals surface area contributed by atoms with Gasteiger partial charge in [-0.15, -0.1) is 11.3 Å². The van der Waals surface area contributed by atoms with Crippen molar-refractivity contribution in [2.75, 3.05) is 32.0 Å². The predicted molar refractivity (Wildman–Crippen MR) is 81.4 cm³/mol. The molecule has 8 heteroatoms. The van der Waals surface area contributed by atoms with Crippen LogP contribution in [0.4, 0.5) is 4.79 Å². The smallest absolute Gasteiger partial charge is 0.326 e. The van der Waals surface area contributed by atoms with Crippen LogP contribution >= 0.6 is 23.1 Å². The van der Waals surface area contributed by atoms with Crippen LogP contribution in [0.2, 0.25) is 0 Å². The van der Waals surface area contributed by atoms with E-state index in [2.05, 4.69) is 5.32 Å². The van der Waals surface area contributed by atoms with E-state index in [9.17, 15) is 14.4 Å². The van der Waals surface area contributed by atoms with Crippen molar-refractivity contribution in [3.63, 3.8) is 0 Å². The molecule has 0 aliphatic carbocycles. The molecule has 1 aliphatic heterocycles. The number of ether oxygens (including phenoxy) is 1. The average Bonchev–Trinajstić information content (AvgIpc) is 3.09. The monoisotopic (exact) mass is 328 g/mol. The molecule has 1 saturated heterocycles. The Balaban J connectivity index is 1.57. The lowest BCUT2D eigenvalue weighted by molar-refractivity contribution is -0.148. The average molecular weight is 328 g/mol. The second-order valence-electron chi connectivity index (χ2n) is 4.38. The first-order chi connectivity index (χ1) is 10.1. The first-order valence-electron chi connectivity index (χ1n) is 6.51. The Morgan fingerprint density at radius 1 is 1.43 bits per heavy atom. The van der Waals surface area contributed by atoms with E-state index in [1.54, 1.807) is 11.3 Å². The Morgan fingerprint density at radius 3 is 2.95 bits per heavy atom. The highest BCUT2D eigenvalue weighted by molar-refractivity contribution is 8.13. The summed E-state index contributed by atoms with van der Waals surface area (Å²) in [5, 5.41) is 4.55. The van der Waals surface area contributed by atoms with Crippen LogP contribution < -0.4 is 5.32 Å². The van der Waals surface area contributed by atoms with E-state index in [-0.39, 0.29) is 24.3 Å². The van der Waals surface area contributed by atoms with Crippen molar-refractivity contribution in [2.45, 2.75) is 6.42 Å². The summed E-state index contributed by atoms with van der Waals surface area (Å²) in [6, 6.07) is 3.96. The standard InChI is InChI=1S/C13H16N2O4S2/c16-11(14-4-3-10-2-1-6-20-10)9-19-12(17)8-15-5-7-21-13(15)18/h1-2,6H,3-5,7-9H2,(H,14,16). The minimum absolute atomic E-state index is 0.0890. The van der Waals surface area contributed by atoms with Gasteiger partial charge in [-0.2, -0.15) is 0 Å². The Kier molecular flexibility index (Phi) is 6.06. The Labute approximate surface area is 130 Å². The number of rotatable bonds is 7. The summed E-state index contributed by atoms with van der Waals surface area (Å²) in [7, 11) is 0. The number of esters is 1. The van der Waals surface area contributed by atoms with Crippen LogP contribution in [0.5, 0.6) is 0 Å². The third-order valence-electron chi connectivity index (χ3n) is 2.80. The number of hydrogen-bond donors (Lipinski definition) is 1. The molecule has 2 amide bonds. The highest BCUT2D eigenvalue weighted by Crippen LogP contribution is 2.16. The van der Waals surface area contributed by atoms with E-state index in [4.69, 9.17) is 4.74 Å². The van der Waals surface area contributed by atoms with Crippen molar-refractivity contribution >= 4 is 40.2 Å². The van der Waals surface area contributed by atoms with E-state index >= 15 is 0 Å². The summed E-state index contributed by atoms with van der Waals surface area (Å²) in [6.07, 6.45) is 0.761. The molecule has 114 valence electrons. The molecule has 1 aliphatic rings. The van der Waals surface area contributed by atoms with Gasteiger partial charge < -0.3 is 15.0 Å². The normalized spacial score (nSPS) is 14.3. The zero-order chi connectivity index (χ0) is 15.1. The Morgan fingerprint density at radius 2 is 2.29 bits per heavy atom. The van der Waals surface area contributed by atoms with Crippen LogP contribution in [0, 0.1) is 0 Å². The van der Waals surface area contributed by atoms with Crippen LogP contribution in [0.25, 0.3) is 0 Å². The summed E-state index contributed by atoms with van der Waals surface area (Å²) < 4.78 is 4.85. The second-order valence-corrected chi connectivity index (χ2v) is 6.45. The van der Waals surface area contributed by atoms with Crippen molar-refractivity contribution < 1.29 is 19.1 Å². The lowest BCUT2D eigenvalue weighted by Gasteiger charge is -2.13. The molecule has 0 spiro atoms. The van der Waals surface area contributed by atoms with Gasteiger partial charge in [0.15, 0.2) is 6.61 Å². The van der Waals surface area contributed by atoms with Gasteiger partial charge in [-0.1, -0.05) is 17.8 Å². The number of carbonyl (C=O) groups is 3. The molecule has 0 bridgehead atoms. The van der Waals surface area contributed by atoms with E-state index < -0.39 is 5.97 Å². The van der Waals surface area contributed by atoms with Crippen molar-refractivity contribution in [1.29, 1.82) is 0 Å². The maximum Gasteiger partial charge on any atom is 0.326 e. The third-order valence-corrected chi connectivity index (χ3v) is 4.63. The molecule has 1 N–H and O–H groups in total. The number of amides is 2. The molecular weight excluding hydrogens is 312 g/mol. The molecule has 1 aromatic heterocycles. The summed E-state index contributed by atoms with van der Waals surface area (Å²) in [4.78, 5) is 36.9. The van der Waals surface area contributed by atoms with Gasteiger partial charge in [0.1, 0.15) is 6.54 Å². The second kappa shape index (κ2) is 8.04. The number of thioether (sulfide) groups is 1. The number of hydrogen-bond acceptors (Lipinski definition) is 6.